The summed E-state index contributed by atoms with van der Waals surface area (Å²) in [6, 6.07) is 17.3. The first-order chi connectivity index (χ1) is 12.7. The highest BCUT2D eigenvalue weighted by atomic mass is 16.5. The Hall–Kier alpha value is -2.86. The molecule has 1 aliphatic heterocycles. The number of nitrogens with zero attached hydrogens (tertiary/aromatic N) is 2. The van der Waals surface area contributed by atoms with Crippen LogP contribution in [0.3, 0.4) is 0 Å². The Kier molecular flexibility index (Phi) is 6.22. The molecule has 0 aliphatic carbocycles. The first-order valence-electron chi connectivity index (χ1n) is 8.71. The van der Waals surface area contributed by atoms with E-state index in [1.807, 2.05) is 59.5 Å². The topological polar surface area (TPSA) is 61.9 Å². The second kappa shape index (κ2) is 9.01. The van der Waals surface area contributed by atoms with Crippen molar-refractivity contribution >= 4 is 18.0 Å². The Morgan fingerprint density at radius 2 is 1.69 bits per heavy atom. The Morgan fingerprint density at radius 1 is 1.00 bits per heavy atom. The van der Waals surface area contributed by atoms with Gasteiger partial charge in [-0.1, -0.05) is 30.3 Å². The molecule has 0 atom stereocenters. The molecule has 2 amide bonds. The minimum Gasteiger partial charge on any atom is -0.489 e. The molecule has 0 unspecified atom stereocenters. The van der Waals surface area contributed by atoms with E-state index in [1.54, 1.807) is 4.90 Å². The fourth-order valence-electron chi connectivity index (χ4n) is 2.81. The van der Waals surface area contributed by atoms with Gasteiger partial charge in [-0.05, 0) is 29.8 Å². The third-order valence-corrected chi connectivity index (χ3v) is 4.31. The van der Waals surface area contributed by atoms with E-state index in [-0.39, 0.29) is 5.91 Å². The SMILES string of the molecule is O=CN1CCN(CC(=O)Nc2ccc(OCc3ccccc3)cc2)CC1. The lowest BCUT2D eigenvalue weighted by Gasteiger charge is -2.31. The lowest BCUT2D eigenvalue weighted by atomic mass is 10.2. The fourth-order valence-corrected chi connectivity index (χ4v) is 2.81. The van der Waals surface area contributed by atoms with Gasteiger partial charge >= 0.3 is 0 Å². The van der Waals surface area contributed by atoms with Gasteiger partial charge in [-0.25, -0.2) is 0 Å². The molecule has 0 saturated carbocycles. The smallest absolute Gasteiger partial charge is 0.238 e. The van der Waals surface area contributed by atoms with E-state index in [0.29, 0.717) is 26.2 Å². The number of hydrogen-bond donors (Lipinski definition) is 1. The molecule has 6 nitrogen and oxygen atoms in total. The zero-order chi connectivity index (χ0) is 18.2. The van der Waals surface area contributed by atoms with Crippen molar-refractivity contribution in [3.63, 3.8) is 0 Å². The Morgan fingerprint density at radius 3 is 2.35 bits per heavy atom. The van der Waals surface area contributed by atoms with Crippen LogP contribution in [0.4, 0.5) is 5.69 Å². The maximum Gasteiger partial charge on any atom is 0.238 e. The molecule has 1 aliphatic rings. The average Bonchev–Trinajstić information content (AvgIpc) is 2.69. The average molecular weight is 353 g/mol. The molecule has 0 spiro atoms. The van der Waals surface area contributed by atoms with Gasteiger partial charge in [-0.3, -0.25) is 14.5 Å². The lowest BCUT2D eigenvalue weighted by Crippen LogP contribution is -2.48. The van der Waals surface area contributed by atoms with Crippen LogP contribution in [0.15, 0.2) is 54.6 Å². The lowest BCUT2D eigenvalue weighted by molar-refractivity contribution is -0.120. The van der Waals surface area contributed by atoms with Gasteiger partial charge < -0.3 is 15.0 Å². The van der Waals surface area contributed by atoms with E-state index in [4.69, 9.17) is 4.74 Å². The number of ether oxygens (including phenoxy) is 1. The maximum absolute atomic E-state index is 12.2. The van der Waals surface area contributed by atoms with Gasteiger partial charge in [-0.2, -0.15) is 0 Å². The van der Waals surface area contributed by atoms with Crippen LogP contribution in [0, 0.1) is 0 Å². The van der Waals surface area contributed by atoms with E-state index in [2.05, 4.69) is 5.32 Å². The van der Waals surface area contributed by atoms with Crippen LogP contribution in [0.1, 0.15) is 5.56 Å². The van der Waals surface area contributed by atoms with E-state index >= 15 is 0 Å². The monoisotopic (exact) mass is 353 g/mol. The van der Waals surface area contributed by atoms with Gasteiger partial charge in [-0.15, -0.1) is 0 Å². The van der Waals surface area contributed by atoms with E-state index in [9.17, 15) is 9.59 Å². The molecular weight excluding hydrogens is 330 g/mol. The zero-order valence-corrected chi connectivity index (χ0v) is 14.6. The zero-order valence-electron chi connectivity index (χ0n) is 14.6. The molecule has 1 fully saturated rings. The first-order valence-corrected chi connectivity index (χ1v) is 8.71. The number of piperazine rings is 1. The van der Waals surface area contributed by atoms with E-state index in [0.717, 1.165) is 36.5 Å². The van der Waals surface area contributed by atoms with Crippen molar-refractivity contribution in [1.82, 2.24) is 9.80 Å². The van der Waals surface area contributed by atoms with Gasteiger partial charge in [0.25, 0.3) is 0 Å². The quantitative estimate of drug-likeness (QED) is 0.773. The number of carbonyl (C=O) groups is 2. The number of rotatable bonds is 7. The summed E-state index contributed by atoms with van der Waals surface area (Å²) in [5.74, 6) is 0.708. The van der Waals surface area contributed by atoms with Crippen molar-refractivity contribution in [2.24, 2.45) is 0 Å². The normalized spacial score (nSPS) is 14.7. The van der Waals surface area contributed by atoms with Crippen molar-refractivity contribution in [2.45, 2.75) is 6.61 Å². The number of amides is 2. The number of hydrogen-bond acceptors (Lipinski definition) is 4. The van der Waals surface area contributed by atoms with Crippen molar-refractivity contribution in [2.75, 3.05) is 38.0 Å². The summed E-state index contributed by atoms with van der Waals surface area (Å²) in [5, 5.41) is 2.90. The predicted octanol–water partition coefficient (Wildman–Crippen LogP) is 1.98. The molecule has 3 rings (SSSR count). The summed E-state index contributed by atoms with van der Waals surface area (Å²) >= 11 is 0. The van der Waals surface area contributed by atoms with Gasteiger partial charge in [0.05, 0.1) is 6.54 Å². The van der Waals surface area contributed by atoms with Crippen molar-refractivity contribution < 1.29 is 14.3 Å². The van der Waals surface area contributed by atoms with Gasteiger partial charge in [0.15, 0.2) is 0 Å². The van der Waals surface area contributed by atoms with Crippen LogP contribution in [0.25, 0.3) is 0 Å². The summed E-state index contributed by atoms with van der Waals surface area (Å²) in [5.41, 5.74) is 1.85. The third-order valence-electron chi connectivity index (χ3n) is 4.31. The Labute approximate surface area is 153 Å². The van der Waals surface area contributed by atoms with Crippen LogP contribution in [0.2, 0.25) is 0 Å². The highest BCUT2D eigenvalue weighted by Gasteiger charge is 2.17. The number of anilines is 1. The first kappa shape index (κ1) is 17.9. The molecule has 0 bridgehead atoms. The third kappa shape index (κ3) is 5.32. The molecule has 1 N–H and O–H groups in total. The molecule has 26 heavy (non-hydrogen) atoms. The van der Waals surface area contributed by atoms with Crippen molar-refractivity contribution in [1.29, 1.82) is 0 Å². The van der Waals surface area contributed by atoms with Gasteiger partial charge in [0.1, 0.15) is 12.4 Å². The summed E-state index contributed by atoms with van der Waals surface area (Å²) in [6.45, 7) is 3.63. The van der Waals surface area contributed by atoms with Gasteiger partial charge in [0.2, 0.25) is 12.3 Å². The standard InChI is InChI=1S/C20H23N3O3/c24-16-23-12-10-22(11-13-23)14-20(25)21-18-6-8-19(9-7-18)26-15-17-4-2-1-3-5-17/h1-9,16H,10-15H2,(H,21,25). The molecule has 2 aromatic rings. The minimum atomic E-state index is -0.0532. The number of nitrogens with one attached hydrogen (secondary N) is 1. The van der Waals surface area contributed by atoms with Crippen LogP contribution in [-0.4, -0.2) is 54.8 Å². The van der Waals surface area contributed by atoms with Crippen LogP contribution in [0.5, 0.6) is 5.75 Å². The highest BCUT2D eigenvalue weighted by Crippen LogP contribution is 2.17. The van der Waals surface area contributed by atoms with Crippen molar-refractivity contribution in [3.05, 3.63) is 60.2 Å². The van der Waals surface area contributed by atoms with Crippen LogP contribution in [-0.2, 0) is 16.2 Å². The number of carbonyl (C=O) groups excluding carboxylic acids is 2. The highest BCUT2D eigenvalue weighted by molar-refractivity contribution is 5.92. The van der Waals surface area contributed by atoms with Gasteiger partial charge in [0, 0.05) is 31.9 Å². The fraction of sp³-hybridized carbons (Fsp3) is 0.300. The predicted molar refractivity (Wildman–Crippen MR) is 99.9 cm³/mol. The van der Waals surface area contributed by atoms with Crippen LogP contribution < -0.4 is 10.1 Å². The molecule has 1 heterocycles. The molecule has 2 aromatic carbocycles. The largest absolute Gasteiger partial charge is 0.489 e. The summed E-state index contributed by atoms with van der Waals surface area (Å²) in [7, 11) is 0. The van der Waals surface area contributed by atoms with Crippen molar-refractivity contribution in [3.8, 4) is 5.75 Å². The summed E-state index contributed by atoms with van der Waals surface area (Å²) < 4.78 is 5.74. The number of benzene rings is 2. The van der Waals surface area contributed by atoms with E-state index < -0.39 is 0 Å². The summed E-state index contributed by atoms with van der Waals surface area (Å²) in [6.07, 6.45) is 0.860. The maximum atomic E-state index is 12.2. The molecule has 6 heteroatoms. The van der Waals surface area contributed by atoms with Crippen LogP contribution >= 0.6 is 0 Å². The molecule has 0 radical (unpaired) electrons. The second-order valence-corrected chi connectivity index (χ2v) is 6.26. The Bertz CT molecular complexity index is 711. The molecule has 1 saturated heterocycles. The molecule has 136 valence electrons. The Balaban J connectivity index is 1.43. The second-order valence-electron chi connectivity index (χ2n) is 6.26. The minimum absolute atomic E-state index is 0.0532. The molecular formula is C20H23N3O3. The summed E-state index contributed by atoms with van der Waals surface area (Å²) in [4.78, 5) is 26.6. The molecule has 0 aromatic heterocycles. The van der Waals surface area contributed by atoms with E-state index in [1.165, 1.54) is 0 Å².